The van der Waals surface area contributed by atoms with Crippen LogP contribution < -0.4 is 11.5 Å². The summed E-state index contributed by atoms with van der Waals surface area (Å²) in [6.45, 7) is 8.37. The highest BCUT2D eigenvalue weighted by Gasteiger charge is 2.10. The van der Waals surface area contributed by atoms with Gasteiger partial charge in [0.15, 0.2) is 5.78 Å². The molecule has 0 bridgehead atoms. The average Bonchev–Trinajstić information content (AvgIpc) is 2.31. The first-order valence-electron chi connectivity index (χ1n) is 5.64. The third kappa shape index (κ3) is 3.15. The van der Waals surface area contributed by atoms with Gasteiger partial charge in [0, 0.05) is 18.7 Å². The van der Waals surface area contributed by atoms with Gasteiger partial charge in [0.2, 0.25) is 0 Å². The lowest BCUT2D eigenvalue weighted by Crippen LogP contribution is -2.10. The number of benzene rings is 1. The topological polar surface area (TPSA) is 69.1 Å². The van der Waals surface area contributed by atoms with Gasteiger partial charge in [-0.05, 0) is 30.5 Å². The maximum absolute atomic E-state index is 11.3. The Morgan fingerprint density at radius 1 is 1.19 bits per heavy atom. The molecule has 0 aromatic heterocycles. The number of carbonyl (C=O) groups excluding carboxylic acids is 1. The lowest BCUT2D eigenvalue weighted by molar-refractivity contribution is 0.101. The summed E-state index contributed by atoms with van der Waals surface area (Å²) in [6.07, 6.45) is 0. The van der Waals surface area contributed by atoms with E-state index < -0.39 is 0 Å². The summed E-state index contributed by atoms with van der Waals surface area (Å²) in [5, 5.41) is 0. The Balaban J connectivity index is 0.00000106. The number of nitrogens with two attached hydrogens (primary N) is 2. The largest absolute Gasteiger partial charge is 0.326 e. The highest BCUT2D eigenvalue weighted by Crippen LogP contribution is 2.18. The van der Waals surface area contributed by atoms with E-state index in [1.807, 2.05) is 26.8 Å². The Morgan fingerprint density at radius 2 is 1.75 bits per heavy atom. The summed E-state index contributed by atoms with van der Waals surface area (Å²) in [5.74, 6) is 0.0529. The van der Waals surface area contributed by atoms with Gasteiger partial charge < -0.3 is 11.5 Å². The maximum Gasteiger partial charge on any atom is 0.160 e. The molecule has 0 aliphatic heterocycles. The van der Waals surface area contributed by atoms with E-state index in [2.05, 4.69) is 0 Å². The highest BCUT2D eigenvalue weighted by molar-refractivity contribution is 5.96. The molecule has 4 N–H and O–H groups in total. The Bertz CT molecular complexity index is 359. The highest BCUT2D eigenvalue weighted by atomic mass is 16.1. The van der Waals surface area contributed by atoms with Gasteiger partial charge >= 0.3 is 0 Å². The summed E-state index contributed by atoms with van der Waals surface area (Å²) in [6, 6.07) is 3.70. The van der Waals surface area contributed by atoms with Crippen LogP contribution in [0.4, 0.5) is 0 Å². The van der Waals surface area contributed by atoms with E-state index in [1.54, 1.807) is 13.0 Å². The molecule has 1 rings (SSSR count). The zero-order chi connectivity index (χ0) is 12.7. The van der Waals surface area contributed by atoms with Gasteiger partial charge in [0.25, 0.3) is 0 Å². The lowest BCUT2D eigenvalue weighted by atomic mass is 9.95. The van der Waals surface area contributed by atoms with Crippen molar-refractivity contribution in [3.63, 3.8) is 0 Å². The van der Waals surface area contributed by atoms with E-state index in [0.717, 1.165) is 16.7 Å². The molecule has 16 heavy (non-hydrogen) atoms. The van der Waals surface area contributed by atoms with E-state index in [4.69, 9.17) is 11.5 Å². The molecule has 0 heterocycles. The van der Waals surface area contributed by atoms with Crippen LogP contribution >= 0.6 is 0 Å². The summed E-state index contributed by atoms with van der Waals surface area (Å²) in [5.41, 5.74) is 14.9. The smallest absolute Gasteiger partial charge is 0.160 e. The predicted octanol–water partition coefficient (Wildman–Crippen LogP) is 2.14. The first kappa shape index (κ1) is 14.8. The van der Waals surface area contributed by atoms with Crippen molar-refractivity contribution in [1.82, 2.24) is 0 Å². The molecule has 1 aromatic rings. The SMILES string of the molecule is CC.CC(=O)c1ccc(CN)c(C)c1CN. The Morgan fingerprint density at radius 3 is 2.12 bits per heavy atom. The molecule has 0 radical (unpaired) electrons. The number of ketones is 1. The van der Waals surface area contributed by atoms with Crippen LogP contribution in [-0.4, -0.2) is 5.78 Å². The van der Waals surface area contributed by atoms with Crippen LogP contribution in [0.15, 0.2) is 12.1 Å². The van der Waals surface area contributed by atoms with Crippen molar-refractivity contribution in [3.05, 3.63) is 34.4 Å². The van der Waals surface area contributed by atoms with Crippen molar-refractivity contribution >= 4 is 5.78 Å². The lowest BCUT2D eigenvalue weighted by Gasteiger charge is -2.12. The zero-order valence-corrected chi connectivity index (χ0v) is 10.6. The second-order valence-electron chi connectivity index (χ2n) is 3.34. The van der Waals surface area contributed by atoms with E-state index >= 15 is 0 Å². The van der Waals surface area contributed by atoms with Gasteiger partial charge in [-0.3, -0.25) is 4.79 Å². The molecule has 0 aliphatic rings. The van der Waals surface area contributed by atoms with Crippen molar-refractivity contribution in [3.8, 4) is 0 Å². The van der Waals surface area contributed by atoms with E-state index in [-0.39, 0.29) is 5.78 Å². The van der Waals surface area contributed by atoms with Crippen molar-refractivity contribution in [2.24, 2.45) is 11.5 Å². The second kappa shape index (κ2) is 7.14. The van der Waals surface area contributed by atoms with Gasteiger partial charge in [-0.15, -0.1) is 0 Å². The number of carbonyl (C=O) groups is 1. The van der Waals surface area contributed by atoms with Crippen LogP contribution in [-0.2, 0) is 13.1 Å². The summed E-state index contributed by atoms with van der Waals surface area (Å²) in [4.78, 5) is 11.3. The van der Waals surface area contributed by atoms with Crippen LogP contribution in [0.25, 0.3) is 0 Å². The predicted molar refractivity (Wildman–Crippen MR) is 68.3 cm³/mol. The molecule has 0 saturated carbocycles. The van der Waals surface area contributed by atoms with E-state index in [0.29, 0.717) is 18.7 Å². The van der Waals surface area contributed by atoms with Gasteiger partial charge in [-0.2, -0.15) is 0 Å². The van der Waals surface area contributed by atoms with Gasteiger partial charge in [-0.25, -0.2) is 0 Å². The van der Waals surface area contributed by atoms with Gasteiger partial charge in [0.05, 0.1) is 0 Å². The molecule has 0 spiro atoms. The number of hydrogen-bond acceptors (Lipinski definition) is 3. The number of rotatable bonds is 3. The van der Waals surface area contributed by atoms with E-state index in [1.165, 1.54) is 0 Å². The number of Topliss-reactive ketones (excluding diaryl/α,β-unsaturated/α-hetero) is 1. The fraction of sp³-hybridized carbons (Fsp3) is 0.462. The van der Waals surface area contributed by atoms with Gasteiger partial charge in [0.1, 0.15) is 0 Å². The molecule has 0 fully saturated rings. The third-order valence-corrected chi connectivity index (χ3v) is 2.51. The number of hydrogen-bond donors (Lipinski definition) is 2. The minimum absolute atomic E-state index is 0.0529. The Hall–Kier alpha value is -1.19. The molecular formula is C13H22N2O. The minimum Gasteiger partial charge on any atom is -0.326 e. The Kier molecular flexibility index (Phi) is 6.61. The fourth-order valence-electron chi connectivity index (χ4n) is 1.62. The van der Waals surface area contributed by atoms with Crippen LogP contribution in [0.1, 0.15) is 47.8 Å². The molecular weight excluding hydrogens is 200 g/mol. The molecule has 90 valence electrons. The molecule has 0 unspecified atom stereocenters. The van der Waals surface area contributed by atoms with Crippen LogP contribution in [0, 0.1) is 6.92 Å². The van der Waals surface area contributed by atoms with Crippen LogP contribution in [0.3, 0.4) is 0 Å². The molecule has 3 heteroatoms. The van der Waals surface area contributed by atoms with Crippen molar-refractivity contribution in [2.45, 2.75) is 40.8 Å². The van der Waals surface area contributed by atoms with Crippen molar-refractivity contribution < 1.29 is 4.79 Å². The average molecular weight is 222 g/mol. The Labute approximate surface area is 97.8 Å². The first-order chi connectivity index (χ1) is 7.61. The molecule has 0 saturated heterocycles. The monoisotopic (exact) mass is 222 g/mol. The van der Waals surface area contributed by atoms with Crippen molar-refractivity contribution in [1.29, 1.82) is 0 Å². The molecule has 0 aliphatic carbocycles. The summed E-state index contributed by atoms with van der Waals surface area (Å²) in [7, 11) is 0. The third-order valence-electron chi connectivity index (χ3n) is 2.51. The zero-order valence-electron chi connectivity index (χ0n) is 10.6. The van der Waals surface area contributed by atoms with Crippen LogP contribution in [0.2, 0.25) is 0 Å². The summed E-state index contributed by atoms with van der Waals surface area (Å²) >= 11 is 0. The van der Waals surface area contributed by atoms with Crippen LogP contribution in [0.5, 0.6) is 0 Å². The molecule has 0 amide bonds. The molecule has 0 atom stereocenters. The van der Waals surface area contributed by atoms with Crippen molar-refractivity contribution in [2.75, 3.05) is 0 Å². The molecule has 3 nitrogen and oxygen atoms in total. The minimum atomic E-state index is 0.0529. The summed E-state index contributed by atoms with van der Waals surface area (Å²) < 4.78 is 0. The van der Waals surface area contributed by atoms with Gasteiger partial charge in [-0.1, -0.05) is 26.0 Å². The quantitative estimate of drug-likeness (QED) is 0.770. The standard InChI is InChI=1S/C11H16N2O.C2H6/c1-7-9(5-12)3-4-10(8(2)14)11(7)6-13;1-2/h3-4H,5-6,12-13H2,1-2H3;1-2H3. The normalized spacial score (nSPS) is 9.38. The van der Waals surface area contributed by atoms with E-state index in [9.17, 15) is 4.79 Å². The molecule has 1 aromatic carbocycles. The fourth-order valence-corrected chi connectivity index (χ4v) is 1.62. The maximum atomic E-state index is 11.3. The first-order valence-corrected chi connectivity index (χ1v) is 5.64. The second-order valence-corrected chi connectivity index (χ2v) is 3.34.